The molecule has 0 radical (unpaired) electrons. The molecule has 26 heavy (non-hydrogen) atoms. The van der Waals surface area contributed by atoms with Gasteiger partial charge in [0.1, 0.15) is 18.5 Å². The van der Waals surface area contributed by atoms with Gasteiger partial charge in [-0.05, 0) is 44.0 Å². The number of nitrogens with zero attached hydrogens (tertiary/aromatic N) is 1. The molecular formula is C24H26NO+. The molecule has 1 aliphatic heterocycles. The number of ether oxygens (including phenoxy) is 1. The van der Waals surface area contributed by atoms with E-state index in [4.69, 9.17) is 4.74 Å². The van der Waals surface area contributed by atoms with Crippen molar-refractivity contribution in [3.8, 4) is 22.8 Å². The molecule has 0 spiro atoms. The zero-order valence-corrected chi connectivity index (χ0v) is 16.5. The number of benzene rings is 2. The third-order valence-electron chi connectivity index (χ3n) is 5.78. The zero-order chi connectivity index (χ0) is 18.6. The molecule has 0 bridgehead atoms. The van der Waals surface area contributed by atoms with Crippen molar-refractivity contribution in [1.82, 2.24) is 0 Å². The Balaban J connectivity index is 2.06. The lowest BCUT2D eigenvalue weighted by molar-refractivity contribution is -0.660. The highest BCUT2D eigenvalue weighted by molar-refractivity contribution is 5.75. The molecule has 0 fully saturated rings. The minimum Gasteiger partial charge on any atom is -0.457 e. The molecule has 2 nitrogen and oxygen atoms in total. The lowest BCUT2D eigenvalue weighted by Crippen LogP contribution is -2.34. The maximum Gasteiger partial charge on any atom is 0.213 e. The monoisotopic (exact) mass is 344 g/mol. The van der Waals surface area contributed by atoms with E-state index < -0.39 is 0 Å². The summed E-state index contributed by atoms with van der Waals surface area (Å²) in [5, 5.41) is 0. The van der Waals surface area contributed by atoms with E-state index in [0.29, 0.717) is 0 Å². The number of hydrogen-bond donors (Lipinski definition) is 0. The van der Waals surface area contributed by atoms with E-state index >= 15 is 0 Å². The maximum absolute atomic E-state index is 6.31. The Morgan fingerprint density at radius 2 is 1.58 bits per heavy atom. The van der Waals surface area contributed by atoms with Crippen molar-refractivity contribution in [3.63, 3.8) is 0 Å². The minimum absolute atomic E-state index is 0.128. The molecule has 0 saturated carbocycles. The predicted molar refractivity (Wildman–Crippen MR) is 106 cm³/mol. The summed E-state index contributed by atoms with van der Waals surface area (Å²) in [6.07, 6.45) is 2.22. The van der Waals surface area contributed by atoms with Crippen LogP contribution in [0.5, 0.6) is 11.5 Å². The van der Waals surface area contributed by atoms with Crippen LogP contribution in [0.25, 0.3) is 11.3 Å². The van der Waals surface area contributed by atoms with Gasteiger partial charge in [-0.3, -0.25) is 0 Å². The van der Waals surface area contributed by atoms with Crippen LogP contribution < -0.4 is 9.30 Å². The van der Waals surface area contributed by atoms with Crippen LogP contribution in [0.1, 0.15) is 41.7 Å². The van der Waals surface area contributed by atoms with Gasteiger partial charge in [-0.2, -0.15) is 0 Å². The highest BCUT2D eigenvalue weighted by atomic mass is 16.5. The SMILES string of the molecule is Cc1cc(-c2c(C)ccc3c2C(C)(C)c2ccccc2O3)[n+](C)cc1C. The van der Waals surface area contributed by atoms with E-state index in [1.54, 1.807) is 0 Å². The smallest absolute Gasteiger partial charge is 0.213 e. The topological polar surface area (TPSA) is 13.1 Å². The summed E-state index contributed by atoms with van der Waals surface area (Å²) in [5.41, 5.74) is 8.80. The molecule has 0 amide bonds. The second-order valence-electron chi connectivity index (χ2n) is 7.99. The summed E-state index contributed by atoms with van der Waals surface area (Å²) in [4.78, 5) is 0. The molecule has 1 aliphatic rings. The molecule has 0 saturated heterocycles. The Kier molecular flexibility index (Phi) is 3.69. The van der Waals surface area contributed by atoms with Gasteiger partial charge in [0.15, 0.2) is 6.20 Å². The van der Waals surface area contributed by atoms with Crippen molar-refractivity contribution in [1.29, 1.82) is 0 Å². The Bertz CT molecular complexity index is 1030. The summed E-state index contributed by atoms with van der Waals surface area (Å²) in [6, 6.07) is 15.0. The van der Waals surface area contributed by atoms with Gasteiger partial charge in [-0.15, -0.1) is 0 Å². The van der Waals surface area contributed by atoms with E-state index in [0.717, 1.165) is 11.5 Å². The van der Waals surface area contributed by atoms with Gasteiger partial charge < -0.3 is 4.74 Å². The zero-order valence-electron chi connectivity index (χ0n) is 16.5. The molecule has 1 aromatic heterocycles. The molecule has 2 heteroatoms. The second kappa shape index (κ2) is 5.70. The Morgan fingerprint density at radius 1 is 0.846 bits per heavy atom. The standard InChI is InChI=1S/C24H26NO/c1-15-11-12-21-23(22(15)19-13-16(2)17(3)14-25(19)6)24(4,5)18-9-7-8-10-20(18)26-21/h7-14H,1-6H3/q+1. The lowest BCUT2D eigenvalue weighted by atomic mass is 9.72. The van der Waals surface area contributed by atoms with Crippen LogP contribution in [0.2, 0.25) is 0 Å². The average Bonchev–Trinajstić information content (AvgIpc) is 2.59. The van der Waals surface area contributed by atoms with Crippen LogP contribution in [-0.4, -0.2) is 0 Å². The number of aromatic nitrogens is 1. The van der Waals surface area contributed by atoms with Crippen LogP contribution in [-0.2, 0) is 12.5 Å². The van der Waals surface area contributed by atoms with E-state index in [1.165, 1.54) is 39.1 Å². The van der Waals surface area contributed by atoms with Gasteiger partial charge in [0, 0.05) is 28.2 Å². The minimum atomic E-state index is -0.128. The first-order chi connectivity index (χ1) is 12.3. The fraction of sp³-hybridized carbons (Fsp3) is 0.292. The van der Waals surface area contributed by atoms with E-state index in [2.05, 4.69) is 88.8 Å². The van der Waals surface area contributed by atoms with Crippen molar-refractivity contribution in [2.75, 3.05) is 0 Å². The summed E-state index contributed by atoms with van der Waals surface area (Å²) < 4.78 is 8.55. The van der Waals surface area contributed by atoms with Gasteiger partial charge in [-0.25, -0.2) is 4.57 Å². The average molecular weight is 344 g/mol. The van der Waals surface area contributed by atoms with Crippen LogP contribution in [0.4, 0.5) is 0 Å². The highest BCUT2D eigenvalue weighted by Crippen LogP contribution is 2.51. The fourth-order valence-electron chi connectivity index (χ4n) is 4.18. The largest absolute Gasteiger partial charge is 0.457 e. The Morgan fingerprint density at radius 3 is 2.35 bits per heavy atom. The molecule has 0 N–H and O–H groups in total. The first-order valence-electron chi connectivity index (χ1n) is 9.19. The second-order valence-corrected chi connectivity index (χ2v) is 7.99. The molecule has 0 atom stereocenters. The molecule has 2 heterocycles. The van der Waals surface area contributed by atoms with Gasteiger partial charge >= 0.3 is 0 Å². The molecule has 0 aliphatic carbocycles. The first-order valence-corrected chi connectivity index (χ1v) is 9.19. The van der Waals surface area contributed by atoms with Crippen LogP contribution >= 0.6 is 0 Å². The third-order valence-corrected chi connectivity index (χ3v) is 5.78. The van der Waals surface area contributed by atoms with Crippen LogP contribution in [0, 0.1) is 20.8 Å². The molecule has 132 valence electrons. The van der Waals surface area contributed by atoms with Gasteiger partial charge in [-0.1, -0.05) is 38.1 Å². The van der Waals surface area contributed by atoms with E-state index in [-0.39, 0.29) is 5.41 Å². The normalized spacial score (nSPS) is 14.4. The van der Waals surface area contributed by atoms with E-state index in [1.807, 2.05) is 6.07 Å². The molecular weight excluding hydrogens is 318 g/mol. The number of pyridine rings is 1. The number of hydrogen-bond acceptors (Lipinski definition) is 1. The van der Waals surface area contributed by atoms with Crippen molar-refractivity contribution < 1.29 is 9.30 Å². The Hall–Kier alpha value is -2.61. The summed E-state index contributed by atoms with van der Waals surface area (Å²) in [7, 11) is 2.13. The molecule has 0 unspecified atom stereocenters. The van der Waals surface area contributed by atoms with Gasteiger partial charge in [0.2, 0.25) is 5.69 Å². The number of para-hydroxylation sites is 1. The summed E-state index contributed by atoms with van der Waals surface area (Å²) >= 11 is 0. The van der Waals surface area contributed by atoms with Crippen molar-refractivity contribution in [2.24, 2.45) is 7.05 Å². The number of rotatable bonds is 1. The van der Waals surface area contributed by atoms with Crippen molar-refractivity contribution in [3.05, 3.63) is 76.5 Å². The van der Waals surface area contributed by atoms with Gasteiger partial charge in [0.05, 0.1) is 5.56 Å². The quantitative estimate of drug-likeness (QED) is 0.529. The number of fused-ring (bicyclic) bond motifs is 2. The van der Waals surface area contributed by atoms with Crippen molar-refractivity contribution >= 4 is 0 Å². The molecule has 4 rings (SSSR count). The van der Waals surface area contributed by atoms with Crippen LogP contribution in [0.3, 0.4) is 0 Å². The first kappa shape index (κ1) is 16.8. The lowest BCUT2D eigenvalue weighted by Gasteiger charge is -2.36. The summed E-state index contributed by atoms with van der Waals surface area (Å²) in [5.74, 6) is 1.93. The Labute approximate surface area is 156 Å². The third kappa shape index (κ3) is 2.36. The number of aryl methyl sites for hydroxylation is 4. The van der Waals surface area contributed by atoms with E-state index in [9.17, 15) is 0 Å². The molecule has 3 aromatic rings. The van der Waals surface area contributed by atoms with Crippen molar-refractivity contribution in [2.45, 2.75) is 40.0 Å². The summed E-state index contributed by atoms with van der Waals surface area (Å²) in [6.45, 7) is 11.1. The van der Waals surface area contributed by atoms with Crippen LogP contribution in [0.15, 0.2) is 48.7 Å². The molecule has 2 aromatic carbocycles. The predicted octanol–water partition coefficient (Wildman–Crippen LogP) is 5.53. The van der Waals surface area contributed by atoms with Gasteiger partial charge in [0.25, 0.3) is 0 Å². The fourth-order valence-corrected chi connectivity index (χ4v) is 4.18. The highest BCUT2D eigenvalue weighted by Gasteiger charge is 2.38. The maximum atomic E-state index is 6.31.